The van der Waals surface area contributed by atoms with Gasteiger partial charge in [0.2, 0.25) is 5.91 Å². The van der Waals surface area contributed by atoms with Gasteiger partial charge in [-0.25, -0.2) is 9.48 Å². The van der Waals surface area contributed by atoms with Crippen molar-refractivity contribution in [2.45, 2.75) is 18.2 Å². The number of carbonyl (C=O) groups is 2. The summed E-state index contributed by atoms with van der Waals surface area (Å²) in [5, 5.41) is 16.8. The molecule has 1 fully saturated rings. The summed E-state index contributed by atoms with van der Waals surface area (Å²) in [6.07, 6.45) is 0.588. The van der Waals surface area contributed by atoms with E-state index in [0.717, 1.165) is 5.56 Å². The summed E-state index contributed by atoms with van der Waals surface area (Å²) in [6, 6.07) is 16.4. The maximum atomic E-state index is 13.0. The highest BCUT2D eigenvalue weighted by atomic mass is 32.2. The van der Waals surface area contributed by atoms with Crippen molar-refractivity contribution in [2.75, 3.05) is 18.8 Å². The van der Waals surface area contributed by atoms with E-state index in [4.69, 9.17) is 4.42 Å². The lowest BCUT2D eigenvalue weighted by atomic mass is 10.1. The fourth-order valence-corrected chi connectivity index (χ4v) is 4.37. The lowest BCUT2D eigenvalue weighted by Gasteiger charge is -2.10. The Bertz CT molecular complexity index is 1400. The highest BCUT2D eigenvalue weighted by molar-refractivity contribution is 7.99. The highest BCUT2D eigenvalue weighted by Gasteiger charge is 2.27. The molecule has 2 aromatic carbocycles. The van der Waals surface area contributed by atoms with Crippen LogP contribution in [-0.2, 0) is 11.3 Å². The Kier molecular flexibility index (Phi) is 6.09. The number of benzene rings is 2. The number of rotatable bonds is 8. The maximum Gasteiger partial charge on any atom is 0.324 e. The quantitative estimate of drug-likeness (QED) is 0.234. The molecule has 0 atom stereocenters. The molecule has 0 radical (unpaired) electrons. The van der Waals surface area contributed by atoms with Crippen molar-refractivity contribution in [3.8, 4) is 11.6 Å². The number of thioether (sulfide) groups is 1. The van der Waals surface area contributed by atoms with Crippen molar-refractivity contribution in [1.82, 2.24) is 30.2 Å². The topological polar surface area (TPSA) is 123 Å². The normalized spacial score (nSPS) is 13.6. The summed E-state index contributed by atoms with van der Waals surface area (Å²) in [7, 11) is 0. The van der Waals surface area contributed by atoms with Crippen molar-refractivity contribution in [3.63, 3.8) is 0 Å². The Morgan fingerprint density at radius 2 is 1.74 bits per heavy atom. The molecule has 172 valence electrons. The molecule has 4 aromatic rings. The van der Waals surface area contributed by atoms with E-state index in [1.807, 2.05) is 36.4 Å². The minimum Gasteiger partial charge on any atom is -0.410 e. The zero-order chi connectivity index (χ0) is 23.5. The summed E-state index contributed by atoms with van der Waals surface area (Å²) in [5.41, 5.74) is 1.19. The van der Waals surface area contributed by atoms with Crippen LogP contribution in [0.1, 0.15) is 12.0 Å². The SMILES string of the molecule is O=C1CNC(=O)N1CCCSc1nnc(-c2nn(Cc3ccccc3)c(=O)c3ccccc23)o1. The molecule has 1 aliphatic heterocycles. The Labute approximate surface area is 198 Å². The molecule has 1 N–H and O–H groups in total. The molecule has 2 aromatic heterocycles. The predicted octanol–water partition coefficient (Wildman–Crippen LogP) is 2.53. The average molecular weight is 477 g/mol. The van der Waals surface area contributed by atoms with Crippen molar-refractivity contribution < 1.29 is 14.0 Å². The van der Waals surface area contributed by atoms with Crippen LogP contribution in [-0.4, -0.2) is 55.7 Å². The first-order valence-corrected chi connectivity index (χ1v) is 11.7. The van der Waals surface area contributed by atoms with Crippen LogP contribution in [0.2, 0.25) is 0 Å². The van der Waals surface area contributed by atoms with Crippen LogP contribution in [0.25, 0.3) is 22.4 Å². The molecule has 0 aliphatic carbocycles. The predicted molar refractivity (Wildman–Crippen MR) is 125 cm³/mol. The van der Waals surface area contributed by atoms with Crippen LogP contribution in [0.15, 0.2) is 69.0 Å². The summed E-state index contributed by atoms with van der Waals surface area (Å²) >= 11 is 1.33. The molecule has 0 spiro atoms. The summed E-state index contributed by atoms with van der Waals surface area (Å²) in [6.45, 7) is 0.692. The van der Waals surface area contributed by atoms with Crippen molar-refractivity contribution in [3.05, 3.63) is 70.5 Å². The molecule has 3 amide bonds. The summed E-state index contributed by atoms with van der Waals surface area (Å²) in [5.74, 6) is 0.577. The minimum absolute atomic E-state index is 0.0480. The number of amides is 3. The van der Waals surface area contributed by atoms with Gasteiger partial charge in [0, 0.05) is 17.7 Å². The van der Waals surface area contributed by atoms with Crippen LogP contribution >= 0.6 is 11.8 Å². The van der Waals surface area contributed by atoms with E-state index < -0.39 is 0 Å². The number of carbonyl (C=O) groups excluding carboxylic acids is 2. The largest absolute Gasteiger partial charge is 0.410 e. The van der Waals surface area contributed by atoms with Gasteiger partial charge in [-0.3, -0.25) is 14.5 Å². The monoisotopic (exact) mass is 476 g/mol. The summed E-state index contributed by atoms with van der Waals surface area (Å²) in [4.78, 5) is 37.5. The standard InChI is InChI=1S/C23H20N6O4S/c30-18-13-24-22(32)28(18)11-6-12-34-23-26-25-20(33-23)19-16-9-4-5-10-17(16)21(31)29(27-19)14-15-7-2-1-3-8-15/h1-5,7-10H,6,11-14H2,(H,24,32). The average Bonchev–Trinajstić information content (AvgIpc) is 3.46. The van der Waals surface area contributed by atoms with Gasteiger partial charge in [0.15, 0.2) is 5.69 Å². The van der Waals surface area contributed by atoms with Crippen LogP contribution in [0.4, 0.5) is 4.79 Å². The third-order valence-electron chi connectivity index (χ3n) is 5.34. The maximum absolute atomic E-state index is 13.0. The molecule has 10 nitrogen and oxygen atoms in total. The van der Waals surface area contributed by atoms with E-state index in [1.54, 1.807) is 18.2 Å². The van der Waals surface area contributed by atoms with Gasteiger partial charge >= 0.3 is 6.03 Å². The second-order valence-corrected chi connectivity index (χ2v) is 8.67. The van der Waals surface area contributed by atoms with Gasteiger partial charge in [-0.2, -0.15) is 5.10 Å². The first-order valence-electron chi connectivity index (χ1n) is 10.7. The van der Waals surface area contributed by atoms with Crippen molar-refractivity contribution in [1.29, 1.82) is 0 Å². The van der Waals surface area contributed by atoms with Gasteiger partial charge in [-0.15, -0.1) is 10.2 Å². The first kappa shape index (κ1) is 21.8. The number of imide groups is 1. The van der Waals surface area contributed by atoms with Gasteiger partial charge in [0.25, 0.3) is 16.7 Å². The molecular formula is C23H20N6O4S. The molecule has 34 heavy (non-hydrogen) atoms. The van der Waals surface area contributed by atoms with E-state index >= 15 is 0 Å². The van der Waals surface area contributed by atoms with Crippen LogP contribution < -0.4 is 10.9 Å². The second-order valence-electron chi connectivity index (χ2n) is 7.62. The van der Waals surface area contributed by atoms with E-state index in [9.17, 15) is 14.4 Å². The molecule has 1 saturated heterocycles. The highest BCUT2D eigenvalue weighted by Crippen LogP contribution is 2.27. The molecule has 3 heterocycles. The molecule has 5 rings (SSSR count). The number of aromatic nitrogens is 4. The third-order valence-corrected chi connectivity index (χ3v) is 6.25. The van der Waals surface area contributed by atoms with E-state index in [2.05, 4.69) is 20.6 Å². The van der Waals surface area contributed by atoms with Gasteiger partial charge in [-0.05, 0) is 18.1 Å². The van der Waals surface area contributed by atoms with Crippen LogP contribution in [0, 0.1) is 0 Å². The number of hydrogen-bond acceptors (Lipinski definition) is 8. The Morgan fingerprint density at radius 1 is 0.971 bits per heavy atom. The Hall–Kier alpha value is -3.99. The lowest BCUT2D eigenvalue weighted by Crippen LogP contribution is -2.32. The van der Waals surface area contributed by atoms with Crippen LogP contribution in [0.5, 0.6) is 0 Å². The Morgan fingerprint density at radius 3 is 2.50 bits per heavy atom. The summed E-state index contributed by atoms with van der Waals surface area (Å²) < 4.78 is 7.25. The zero-order valence-electron chi connectivity index (χ0n) is 18.0. The number of hydrogen-bond donors (Lipinski definition) is 1. The van der Waals surface area contributed by atoms with Crippen molar-refractivity contribution >= 4 is 34.5 Å². The molecule has 11 heteroatoms. The first-order chi connectivity index (χ1) is 16.6. The van der Waals surface area contributed by atoms with Gasteiger partial charge in [0.1, 0.15) is 0 Å². The van der Waals surface area contributed by atoms with Crippen molar-refractivity contribution in [2.24, 2.45) is 0 Å². The Balaban J connectivity index is 1.36. The van der Waals surface area contributed by atoms with E-state index in [1.165, 1.54) is 21.3 Å². The van der Waals surface area contributed by atoms with Gasteiger partial charge in [-0.1, -0.05) is 60.3 Å². The zero-order valence-corrected chi connectivity index (χ0v) is 18.8. The van der Waals surface area contributed by atoms with Gasteiger partial charge in [0.05, 0.1) is 18.5 Å². The molecule has 0 bridgehead atoms. The number of nitrogens with one attached hydrogen (secondary N) is 1. The third kappa shape index (κ3) is 4.42. The molecular weight excluding hydrogens is 456 g/mol. The number of fused-ring (bicyclic) bond motifs is 1. The number of urea groups is 1. The van der Waals surface area contributed by atoms with E-state index in [-0.39, 0.29) is 29.9 Å². The fourth-order valence-electron chi connectivity index (χ4n) is 3.68. The van der Waals surface area contributed by atoms with Gasteiger partial charge < -0.3 is 9.73 Å². The lowest BCUT2D eigenvalue weighted by molar-refractivity contribution is -0.124. The number of nitrogens with zero attached hydrogens (tertiary/aromatic N) is 5. The molecule has 0 saturated carbocycles. The molecule has 1 aliphatic rings. The molecule has 0 unspecified atom stereocenters. The van der Waals surface area contributed by atoms with Crippen LogP contribution in [0.3, 0.4) is 0 Å². The second kappa shape index (κ2) is 9.48. The fraction of sp³-hybridized carbons (Fsp3) is 0.217. The van der Waals surface area contributed by atoms with E-state index in [0.29, 0.717) is 47.0 Å². The minimum atomic E-state index is -0.362. The smallest absolute Gasteiger partial charge is 0.324 e.